The molecule has 0 spiro atoms. The molecule has 1 amide bonds. The first-order valence-electron chi connectivity index (χ1n) is 6.58. The van der Waals surface area contributed by atoms with Crippen LogP contribution in [-0.2, 0) is 11.8 Å². The van der Waals surface area contributed by atoms with Crippen LogP contribution in [0.2, 0.25) is 0 Å². The van der Waals surface area contributed by atoms with Crippen molar-refractivity contribution in [1.82, 2.24) is 9.78 Å². The molecule has 1 aromatic carbocycles. The SMILES string of the molecule is Cn1cc(C(N)C(=O)Nc2ccc3c(c2)OCCO3)cn1. The molecular formula is C14H16N4O3. The standard InChI is InChI=1S/C14H16N4O3/c1-18-8-9(7-16-18)13(15)14(19)17-10-2-3-11-12(6-10)21-5-4-20-11/h2-3,6-8,13H,4-5,15H2,1H3,(H,17,19). The molecule has 0 bridgehead atoms. The molecule has 1 aliphatic rings. The van der Waals surface area contributed by atoms with Gasteiger partial charge in [0.1, 0.15) is 19.3 Å². The lowest BCUT2D eigenvalue weighted by atomic mass is 10.1. The summed E-state index contributed by atoms with van der Waals surface area (Å²) in [7, 11) is 1.77. The number of anilines is 1. The van der Waals surface area contributed by atoms with Gasteiger partial charge in [-0.05, 0) is 12.1 Å². The number of carbonyl (C=O) groups excluding carboxylic acids is 1. The van der Waals surface area contributed by atoms with Crippen LogP contribution in [0, 0.1) is 0 Å². The van der Waals surface area contributed by atoms with E-state index in [0.29, 0.717) is 36.0 Å². The predicted octanol–water partition coefficient (Wildman–Crippen LogP) is 0.830. The minimum atomic E-state index is -0.771. The molecular weight excluding hydrogens is 272 g/mol. The van der Waals surface area contributed by atoms with E-state index in [-0.39, 0.29) is 5.91 Å². The van der Waals surface area contributed by atoms with Gasteiger partial charge >= 0.3 is 0 Å². The number of aromatic nitrogens is 2. The molecule has 1 aliphatic heterocycles. The van der Waals surface area contributed by atoms with Crippen molar-refractivity contribution < 1.29 is 14.3 Å². The number of carbonyl (C=O) groups is 1. The van der Waals surface area contributed by atoms with Crippen LogP contribution in [0.1, 0.15) is 11.6 Å². The summed E-state index contributed by atoms with van der Waals surface area (Å²) in [5.41, 5.74) is 7.19. The number of fused-ring (bicyclic) bond motifs is 1. The fourth-order valence-corrected chi connectivity index (χ4v) is 2.09. The molecule has 1 atom stereocenters. The van der Waals surface area contributed by atoms with Crippen molar-refractivity contribution in [3.63, 3.8) is 0 Å². The summed E-state index contributed by atoms with van der Waals surface area (Å²) in [6.45, 7) is 1.03. The Morgan fingerprint density at radius 3 is 2.86 bits per heavy atom. The maximum Gasteiger partial charge on any atom is 0.246 e. The topological polar surface area (TPSA) is 91.4 Å². The van der Waals surface area contributed by atoms with Gasteiger partial charge in [0, 0.05) is 30.6 Å². The number of nitrogens with two attached hydrogens (primary N) is 1. The van der Waals surface area contributed by atoms with Crippen LogP contribution in [0.15, 0.2) is 30.6 Å². The average Bonchev–Trinajstić information content (AvgIpc) is 2.93. The molecule has 2 aromatic rings. The minimum absolute atomic E-state index is 0.306. The van der Waals surface area contributed by atoms with E-state index in [0.717, 1.165) is 0 Å². The summed E-state index contributed by atoms with van der Waals surface area (Å²) in [6.07, 6.45) is 3.29. The number of rotatable bonds is 3. The van der Waals surface area contributed by atoms with Crippen LogP contribution < -0.4 is 20.5 Å². The Morgan fingerprint density at radius 1 is 1.38 bits per heavy atom. The van der Waals surface area contributed by atoms with E-state index in [9.17, 15) is 4.79 Å². The Balaban J connectivity index is 1.72. The van der Waals surface area contributed by atoms with Gasteiger partial charge in [0.15, 0.2) is 11.5 Å². The lowest BCUT2D eigenvalue weighted by Crippen LogP contribution is -2.27. The third-order valence-electron chi connectivity index (χ3n) is 3.18. The van der Waals surface area contributed by atoms with E-state index < -0.39 is 6.04 Å². The third-order valence-corrected chi connectivity index (χ3v) is 3.18. The summed E-state index contributed by atoms with van der Waals surface area (Å²) in [6, 6.07) is 4.47. The van der Waals surface area contributed by atoms with Crippen molar-refractivity contribution in [3.05, 3.63) is 36.2 Å². The van der Waals surface area contributed by atoms with Crippen molar-refractivity contribution in [3.8, 4) is 11.5 Å². The normalized spacial score (nSPS) is 14.6. The number of amides is 1. The van der Waals surface area contributed by atoms with Crippen LogP contribution in [0.4, 0.5) is 5.69 Å². The van der Waals surface area contributed by atoms with Crippen molar-refractivity contribution in [2.75, 3.05) is 18.5 Å². The highest BCUT2D eigenvalue weighted by Gasteiger charge is 2.19. The molecule has 3 N–H and O–H groups in total. The van der Waals surface area contributed by atoms with Crippen molar-refractivity contribution in [1.29, 1.82) is 0 Å². The lowest BCUT2D eigenvalue weighted by molar-refractivity contribution is -0.117. The van der Waals surface area contributed by atoms with Gasteiger partial charge in [-0.3, -0.25) is 9.48 Å². The molecule has 0 fully saturated rings. The largest absolute Gasteiger partial charge is 0.486 e. The molecule has 0 radical (unpaired) electrons. The van der Waals surface area contributed by atoms with Gasteiger partial charge in [0.25, 0.3) is 0 Å². The van der Waals surface area contributed by atoms with E-state index in [1.165, 1.54) is 0 Å². The zero-order valence-electron chi connectivity index (χ0n) is 11.6. The molecule has 1 unspecified atom stereocenters. The zero-order valence-corrected chi connectivity index (χ0v) is 11.6. The maximum atomic E-state index is 12.1. The van der Waals surface area contributed by atoms with Crippen molar-refractivity contribution >= 4 is 11.6 Å². The molecule has 0 aliphatic carbocycles. The number of benzene rings is 1. The van der Waals surface area contributed by atoms with Crippen LogP contribution in [0.5, 0.6) is 11.5 Å². The highest BCUT2D eigenvalue weighted by atomic mass is 16.6. The second-order valence-corrected chi connectivity index (χ2v) is 4.77. The van der Waals surface area contributed by atoms with E-state index in [4.69, 9.17) is 15.2 Å². The van der Waals surface area contributed by atoms with Crippen molar-refractivity contribution in [2.24, 2.45) is 12.8 Å². The lowest BCUT2D eigenvalue weighted by Gasteiger charge is -2.19. The molecule has 2 heterocycles. The highest BCUT2D eigenvalue weighted by Crippen LogP contribution is 2.32. The smallest absolute Gasteiger partial charge is 0.246 e. The molecule has 0 saturated carbocycles. The number of hydrogen-bond donors (Lipinski definition) is 2. The Morgan fingerprint density at radius 2 is 2.14 bits per heavy atom. The van der Waals surface area contributed by atoms with Gasteiger partial charge < -0.3 is 20.5 Å². The second kappa shape index (κ2) is 5.45. The van der Waals surface area contributed by atoms with Crippen LogP contribution in [-0.4, -0.2) is 28.9 Å². The highest BCUT2D eigenvalue weighted by molar-refractivity contribution is 5.95. The van der Waals surface area contributed by atoms with Crippen LogP contribution in [0.3, 0.4) is 0 Å². The molecule has 0 saturated heterocycles. The molecule has 3 rings (SSSR count). The summed E-state index contributed by atoms with van der Waals surface area (Å²) < 4.78 is 12.5. The first kappa shape index (κ1) is 13.4. The Kier molecular flexibility index (Phi) is 3.49. The van der Waals surface area contributed by atoms with Gasteiger partial charge in [0.2, 0.25) is 5.91 Å². The minimum Gasteiger partial charge on any atom is -0.486 e. The van der Waals surface area contributed by atoms with Crippen molar-refractivity contribution in [2.45, 2.75) is 6.04 Å². The van der Waals surface area contributed by atoms with Crippen LogP contribution in [0.25, 0.3) is 0 Å². The second-order valence-electron chi connectivity index (χ2n) is 4.77. The summed E-state index contributed by atoms with van der Waals surface area (Å²) in [5.74, 6) is 0.990. The maximum absolute atomic E-state index is 12.1. The molecule has 7 nitrogen and oxygen atoms in total. The first-order chi connectivity index (χ1) is 10.1. The van der Waals surface area contributed by atoms with Gasteiger partial charge in [-0.25, -0.2) is 0 Å². The summed E-state index contributed by atoms with van der Waals surface area (Å²) >= 11 is 0. The Labute approximate surface area is 121 Å². The third kappa shape index (κ3) is 2.82. The number of nitrogens with zero attached hydrogens (tertiary/aromatic N) is 2. The predicted molar refractivity (Wildman–Crippen MR) is 76.2 cm³/mol. The number of aryl methyl sites for hydroxylation is 1. The van der Waals surface area contributed by atoms with Crippen LogP contribution >= 0.6 is 0 Å². The van der Waals surface area contributed by atoms with E-state index in [2.05, 4.69) is 10.4 Å². The average molecular weight is 288 g/mol. The quantitative estimate of drug-likeness (QED) is 0.873. The summed E-state index contributed by atoms with van der Waals surface area (Å²) in [5, 5.41) is 6.77. The van der Waals surface area contributed by atoms with Gasteiger partial charge in [-0.2, -0.15) is 5.10 Å². The zero-order chi connectivity index (χ0) is 14.8. The number of ether oxygens (including phenoxy) is 2. The van der Waals surface area contributed by atoms with E-state index in [1.807, 2.05) is 0 Å². The molecule has 21 heavy (non-hydrogen) atoms. The van der Waals surface area contributed by atoms with E-state index >= 15 is 0 Å². The summed E-state index contributed by atoms with van der Waals surface area (Å²) in [4.78, 5) is 12.1. The van der Waals surface area contributed by atoms with E-state index in [1.54, 1.807) is 42.3 Å². The Hall–Kier alpha value is -2.54. The van der Waals surface area contributed by atoms with Gasteiger partial charge in [-0.15, -0.1) is 0 Å². The van der Waals surface area contributed by atoms with Gasteiger partial charge in [0.05, 0.1) is 6.20 Å². The fourth-order valence-electron chi connectivity index (χ4n) is 2.09. The first-order valence-corrected chi connectivity index (χ1v) is 6.58. The molecule has 1 aromatic heterocycles. The fraction of sp³-hybridized carbons (Fsp3) is 0.286. The number of nitrogens with one attached hydrogen (secondary N) is 1. The Bertz CT molecular complexity index is 668. The monoisotopic (exact) mass is 288 g/mol. The number of hydrogen-bond acceptors (Lipinski definition) is 5. The van der Waals surface area contributed by atoms with Gasteiger partial charge in [-0.1, -0.05) is 0 Å². The molecule has 7 heteroatoms. The molecule has 110 valence electrons.